The Morgan fingerprint density at radius 3 is 2.78 bits per heavy atom. The van der Waals surface area contributed by atoms with Crippen molar-refractivity contribution in [1.29, 1.82) is 0 Å². The van der Waals surface area contributed by atoms with Crippen LogP contribution in [0.2, 0.25) is 0 Å². The summed E-state index contributed by atoms with van der Waals surface area (Å²) in [4.78, 5) is 19.2. The number of carbonyl (C=O) groups excluding carboxylic acids is 1. The fraction of sp³-hybridized carbons (Fsp3) is 0.300. The minimum atomic E-state index is -0.0629. The molecule has 3 heterocycles. The minimum absolute atomic E-state index is 0.0629. The lowest BCUT2D eigenvalue weighted by Crippen LogP contribution is -2.38. The number of hydrogen-bond donors (Lipinski definition) is 0. The van der Waals surface area contributed by atoms with E-state index in [4.69, 9.17) is 0 Å². The summed E-state index contributed by atoms with van der Waals surface area (Å²) in [7, 11) is 0. The molecule has 0 atom stereocenters. The van der Waals surface area contributed by atoms with Crippen LogP contribution in [-0.2, 0) is 6.42 Å². The van der Waals surface area contributed by atoms with Gasteiger partial charge in [0.25, 0.3) is 5.91 Å². The lowest BCUT2D eigenvalue weighted by molar-refractivity contribution is 0.0767. The second-order valence-corrected chi connectivity index (χ2v) is 7.59. The summed E-state index contributed by atoms with van der Waals surface area (Å²) in [6.07, 6.45) is 4.41. The second kappa shape index (κ2) is 7.92. The number of aryl methyl sites for hydroxylation is 1. The molecule has 0 bridgehead atoms. The van der Waals surface area contributed by atoms with Crippen LogP contribution in [0.1, 0.15) is 23.0 Å². The first-order valence-corrected chi connectivity index (χ1v) is 10.3. The molecule has 0 N–H and O–H groups in total. The highest BCUT2D eigenvalue weighted by atomic mass is 32.2. The molecule has 0 unspecified atom stereocenters. The van der Waals surface area contributed by atoms with Crippen molar-refractivity contribution in [2.24, 2.45) is 0 Å². The number of thioether (sulfide) groups is 1. The van der Waals surface area contributed by atoms with Gasteiger partial charge in [0.1, 0.15) is 5.69 Å². The normalized spacial score (nSPS) is 14.3. The van der Waals surface area contributed by atoms with Gasteiger partial charge in [0.2, 0.25) is 0 Å². The van der Waals surface area contributed by atoms with Crippen molar-refractivity contribution < 1.29 is 4.79 Å². The summed E-state index contributed by atoms with van der Waals surface area (Å²) >= 11 is 1.87. The van der Waals surface area contributed by atoms with E-state index < -0.39 is 0 Å². The van der Waals surface area contributed by atoms with Gasteiger partial charge in [0, 0.05) is 42.6 Å². The summed E-state index contributed by atoms with van der Waals surface area (Å²) < 4.78 is 1.75. The van der Waals surface area contributed by atoms with Crippen molar-refractivity contribution >= 4 is 17.7 Å². The molecule has 7 heteroatoms. The Hall–Kier alpha value is -2.67. The van der Waals surface area contributed by atoms with E-state index in [9.17, 15) is 4.79 Å². The van der Waals surface area contributed by atoms with Gasteiger partial charge in [-0.15, -0.1) is 5.10 Å². The summed E-state index contributed by atoms with van der Waals surface area (Å²) in [5, 5.41) is 8.63. The molecule has 0 aliphatic carbocycles. The van der Waals surface area contributed by atoms with Crippen molar-refractivity contribution in [3.63, 3.8) is 0 Å². The molecule has 1 aliphatic heterocycles. The molecular formula is C20H21N5OS. The van der Waals surface area contributed by atoms with E-state index in [0.717, 1.165) is 42.3 Å². The topological polar surface area (TPSA) is 63.9 Å². The van der Waals surface area contributed by atoms with Crippen LogP contribution in [0.5, 0.6) is 0 Å². The molecule has 6 nitrogen and oxygen atoms in total. The Kier molecular flexibility index (Phi) is 5.20. The SMILES string of the molecule is CCc1cccc(-n2nnc(C(=O)N3CCSCC3)c2-c2cccnc2)c1. The first-order chi connectivity index (χ1) is 13.3. The molecule has 138 valence electrons. The van der Waals surface area contributed by atoms with Gasteiger partial charge >= 0.3 is 0 Å². The maximum Gasteiger partial charge on any atom is 0.276 e. The second-order valence-electron chi connectivity index (χ2n) is 6.37. The van der Waals surface area contributed by atoms with E-state index >= 15 is 0 Å². The molecule has 1 aromatic carbocycles. The third kappa shape index (κ3) is 3.60. The fourth-order valence-corrected chi connectivity index (χ4v) is 4.10. The molecule has 0 saturated carbocycles. The summed E-state index contributed by atoms with van der Waals surface area (Å²) in [5.41, 5.74) is 4.02. The summed E-state index contributed by atoms with van der Waals surface area (Å²) in [6, 6.07) is 12.0. The highest BCUT2D eigenvalue weighted by Crippen LogP contribution is 2.26. The monoisotopic (exact) mass is 379 g/mol. The van der Waals surface area contributed by atoms with E-state index in [-0.39, 0.29) is 5.91 Å². The van der Waals surface area contributed by atoms with Crippen molar-refractivity contribution in [3.05, 3.63) is 60.0 Å². The highest BCUT2D eigenvalue weighted by Gasteiger charge is 2.27. The van der Waals surface area contributed by atoms with E-state index in [0.29, 0.717) is 11.4 Å². The number of rotatable bonds is 4. The molecule has 1 amide bonds. The third-order valence-electron chi connectivity index (χ3n) is 4.67. The molecule has 2 aromatic heterocycles. The van der Waals surface area contributed by atoms with Gasteiger partial charge in [-0.25, -0.2) is 4.68 Å². The quantitative estimate of drug-likeness (QED) is 0.697. The van der Waals surface area contributed by atoms with Gasteiger partial charge < -0.3 is 4.90 Å². The number of aromatic nitrogens is 4. The van der Waals surface area contributed by atoms with Crippen LogP contribution in [0.3, 0.4) is 0 Å². The number of benzene rings is 1. The first kappa shape index (κ1) is 17.7. The third-order valence-corrected chi connectivity index (χ3v) is 5.61. The molecule has 3 aromatic rings. The lowest BCUT2D eigenvalue weighted by Gasteiger charge is -2.25. The van der Waals surface area contributed by atoms with Crippen molar-refractivity contribution in [3.8, 4) is 16.9 Å². The lowest BCUT2D eigenvalue weighted by atomic mass is 10.1. The Morgan fingerprint density at radius 2 is 2.04 bits per heavy atom. The van der Waals surface area contributed by atoms with Crippen LogP contribution < -0.4 is 0 Å². The maximum atomic E-state index is 13.1. The largest absolute Gasteiger partial charge is 0.336 e. The summed E-state index contributed by atoms with van der Waals surface area (Å²) in [5.74, 6) is 1.86. The van der Waals surface area contributed by atoms with Gasteiger partial charge in [-0.1, -0.05) is 24.3 Å². The Labute approximate surface area is 162 Å². The van der Waals surface area contributed by atoms with Gasteiger partial charge in [-0.05, 0) is 36.2 Å². The van der Waals surface area contributed by atoms with Gasteiger partial charge in [-0.3, -0.25) is 9.78 Å². The van der Waals surface area contributed by atoms with Crippen LogP contribution in [0.25, 0.3) is 16.9 Å². The smallest absolute Gasteiger partial charge is 0.276 e. The van der Waals surface area contributed by atoms with E-state index in [1.807, 2.05) is 40.9 Å². The molecule has 0 radical (unpaired) electrons. The van der Waals surface area contributed by atoms with Gasteiger partial charge in [0.05, 0.1) is 5.69 Å². The Balaban J connectivity index is 1.82. The average molecular weight is 379 g/mol. The molecule has 1 aliphatic rings. The zero-order valence-electron chi connectivity index (χ0n) is 15.2. The first-order valence-electron chi connectivity index (χ1n) is 9.10. The van der Waals surface area contributed by atoms with Crippen LogP contribution in [-0.4, -0.2) is 55.4 Å². The number of pyridine rings is 1. The average Bonchev–Trinajstić information content (AvgIpc) is 3.19. The minimum Gasteiger partial charge on any atom is -0.336 e. The van der Waals surface area contributed by atoms with Crippen LogP contribution in [0.15, 0.2) is 48.8 Å². The molecular weight excluding hydrogens is 358 g/mol. The molecule has 1 saturated heterocycles. The van der Waals surface area contributed by atoms with E-state index in [2.05, 4.69) is 34.4 Å². The fourth-order valence-electron chi connectivity index (χ4n) is 3.19. The van der Waals surface area contributed by atoms with Crippen molar-refractivity contribution in [2.45, 2.75) is 13.3 Å². The Bertz CT molecular complexity index is 935. The van der Waals surface area contributed by atoms with Crippen LogP contribution in [0.4, 0.5) is 0 Å². The number of carbonyl (C=O) groups is 1. The zero-order valence-corrected chi connectivity index (χ0v) is 16.0. The van der Waals surface area contributed by atoms with E-state index in [1.54, 1.807) is 17.1 Å². The molecule has 27 heavy (non-hydrogen) atoms. The number of nitrogens with zero attached hydrogens (tertiary/aromatic N) is 5. The van der Waals surface area contributed by atoms with Crippen LogP contribution >= 0.6 is 11.8 Å². The van der Waals surface area contributed by atoms with Crippen LogP contribution in [0, 0.1) is 0 Å². The predicted molar refractivity (Wildman–Crippen MR) is 107 cm³/mol. The number of hydrogen-bond acceptors (Lipinski definition) is 5. The summed E-state index contributed by atoms with van der Waals surface area (Å²) in [6.45, 7) is 3.61. The predicted octanol–water partition coefficient (Wildman–Crippen LogP) is 3.08. The maximum absolute atomic E-state index is 13.1. The molecule has 4 rings (SSSR count). The Morgan fingerprint density at radius 1 is 1.19 bits per heavy atom. The van der Waals surface area contributed by atoms with Crippen molar-refractivity contribution in [1.82, 2.24) is 24.9 Å². The molecule has 1 fully saturated rings. The standard InChI is InChI=1S/C20H21N5OS/c1-2-15-5-3-7-17(13-15)25-19(16-6-4-8-21-14-16)18(22-23-25)20(26)24-9-11-27-12-10-24/h3-8,13-14H,2,9-12H2,1H3. The van der Waals surface area contributed by atoms with Crippen molar-refractivity contribution in [2.75, 3.05) is 24.6 Å². The van der Waals surface area contributed by atoms with Gasteiger partial charge in [0.15, 0.2) is 5.69 Å². The highest BCUT2D eigenvalue weighted by molar-refractivity contribution is 7.99. The number of amides is 1. The zero-order chi connectivity index (χ0) is 18.6. The van der Waals surface area contributed by atoms with E-state index in [1.165, 1.54) is 5.56 Å². The van der Waals surface area contributed by atoms with Gasteiger partial charge in [-0.2, -0.15) is 11.8 Å². The molecule has 0 spiro atoms.